The van der Waals surface area contributed by atoms with Crippen molar-refractivity contribution in [3.05, 3.63) is 5.82 Å². The Bertz CT molecular complexity index is 248. The van der Waals surface area contributed by atoms with Gasteiger partial charge in [0.25, 0.3) is 0 Å². The van der Waals surface area contributed by atoms with E-state index in [-0.39, 0.29) is 12.0 Å². The van der Waals surface area contributed by atoms with E-state index >= 15 is 0 Å². The number of aromatic amines is 1. The zero-order valence-electron chi connectivity index (χ0n) is 6.80. The number of β-amino-alcohol motifs (C(OH)–C–C–N with tert-alkyl or cyclic N) is 1. The van der Waals surface area contributed by atoms with Crippen molar-refractivity contribution < 1.29 is 5.11 Å². The molecule has 0 saturated carbocycles. The topological polar surface area (TPSA) is 77.9 Å². The molecular formula is C6H11N5O. The van der Waals surface area contributed by atoms with Gasteiger partial charge in [-0.05, 0) is 7.05 Å². The van der Waals surface area contributed by atoms with E-state index in [1.807, 2.05) is 11.9 Å². The molecule has 6 nitrogen and oxygen atoms in total. The average molecular weight is 169 g/mol. The molecule has 0 amide bonds. The van der Waals surface area contributed by atoms with Gasteiger partial charge in [0.1, 0.15) is 0 Å². The number of likely N-dealkylation sites (tertiary alicyclic amines) is 1. The van der Waals surface area contributed by atoms with E-state index in [1.165, 1.54) is 0 Å². The van der Waals surface area contributed by atoms with Gasteiger partial charge in [-0.15, -0.1) is 10.2 Å². The van der Waals surface area contributed by atoms with Gasteiger partial charge in [0.15, 0.2) is 5.82 Å². The number of rotatable bonds is 1. The molecule has 66 valence electrons. The fraction of sp³-hybridized carbons (Fsp3) is 0.833. The van der Waals surface area contributed by atoms with E-state index in [0.717, 1.165) is 6.54 Å². The van der Waals surface area contributed by atoms with Crippen LogP contribution in [0.2, 0.25) is 0 Å². The first-order valence-corrected chi connectivity index (χ1v) is 3.87. The first-order chi connectivity index (χ1) is 5.77. The van der Waals surface area contributed by atoms with Gasteiger partial charge >= 0.3 is 0 Å². The Labute approximate surface area is 69.6 Å². The number of aromatic nitrogens is 4. The second kappa shape index (κ2) is 2.80. The third-order valence-corrected chi connectivity index (χ3v) is 2.16. The molecule has 0 aliphatic carbocycles. The lowest BCUT2D eigenvalue weighted by atomic mass is 10.1. The van der Waals surface area contributed by atoms with Gasteiger partial charge in [0.2, 0.25) is 0 Å². The predicted molar refractivity (Wildman–Crippen MR) is 40.4 cm³/mol. The summed E-state index contributed by atoms with van der Waals surface area (Å²) < 4.78 is 0. The molecule has 1 aromatic rings. The number of hydrogen-bond acceptors (Lipinski definition) is 5. The number of nitrogens with one attached hydrogen (secondary N) is 1. The summed E-state index contributed by atoms with van der Waals surface area (Å²) in [5.41, 5.74) is 0. The molecule has 0 radical (unpaired) electrons. The SMILES string of the molecule is CN1CC(O)C(c2nn[nH]n2)C1. The second-order valence-electron chi connectivity index (χ2n) is 3.17. The number of nitrogens with zero attached hydrogens (tertiary/aromatic N) is 4. The van der Waals surface area contributed by atoms with Crippen LogP contribution < -0.4 is 0 Å². The Morgan fingerprint density at radius 2 is 2.42 bits per heavy atom. The van der Waals surface area contributed by atoms with Crippen LogP contribution in [0.5, 0.6) is 0 Å². The lowest BCUT2D eigenvalue weighted by Gasteiger charge is -2.06. The molecule has 2 heterocycles. The summed E-state index contributed by atoms with van der Waals surface area (Å²) in [7, 11) is 1.96. The van der Waals surface area contributed by atoms with Crippen LogP contribution in [0, 0.1) is 0 Å². The predicted octanol–water partition coefficient (Wildman–Crippen LogP) is -1.41. The van der Waals surface area contributed by atoms with Crippen LogP contribution in [0.1, 0.15) is 11.7 Å². The smallest absolute Gasteiger partial charge is 0.181 e. The van der Waals surface area contributed by atoms with Crippen molar-refractivity contribution in [1.29, 1.82) is 0 Å². The highest BCUT2D eigenvalue weighted by molar-refractivity contribution is 5.01. The van der Waals surface area contributed by atoms with Crippen molar-refractivity contribution in [2.45, 2.75) is 12.0 Å². The Morgan fingerprint density at radius 1 is 1.58 bits per heavy atom. The maximum atomic E-state index is 9.57. The molecular weight excluding hydrogens is 158 g/mol. The molecule has 1 aliphatic rings. The largest absolute Gasteiger partial charge is 0.391 e. The van der Waals surface area contributed by atoms with Gasteiger partial charge in [-0.2, -0.15) is 5.21 Å². The normalized spacial score (nSPS) is 31.2. The van der Waals surface area contributed by atoms with E-state index in [2.05, 4.69) is 20.6 Å². The van der Waals surface area contributed by atoms with E-state index in [0.29, 0.717) is 12.4 Å². The molecule has 1 aromatic heterocycles. The molecule has 2 atom stereocenters. The van der Waals surface area contributed by atoms with E-state index < -0.39 is 0 Å². The van der Waals surface area contributed by atoms with Gasteiger partial charge < -0.3 is 10.0 Å². The Morgan fingerprint density at radius 3 is 2.92 bits per heavy atom. The van der Waals surface area contributed by atoms with Crippen molar-refractivity contribution in [3.8, 4) is 0 Å². The summed E-state index contributed by atoms with van der Waals surface area (Å²) in [6, 6.07) is 0. The van der Waals surface area contributed by atoms with Crippen molar-refractivity contribution in [3.63, 3.8) is 0 Å². The summed E-state index contributed by atoms with van der Waals surface area (Å²) in [5.74, 6) is 0.612. The van der Waals surface area contributed by atoms with Crippen LogP contribution in [-0.4, -0.2) is 56.9 Å². The maximum Gasteiger partial charge on any atom is 0.181 e. The van der Waals surface area contributed by atoms with Crippen LogP contribution in [0.3, 0.4) is 0 Å². The number of likely N-dealkylation sites (N-methyl/N-ethyl adjacent to an activating group) is 1. The molecule has 1 saturated heterocycles. The van der Waals surface area contributed by atoms with Crippen LogP contribution in [0.4, 0.5) is 0 Å². The van der Waals surface area contributed by atoms with Gasteiger partial charge in [-0.3, -0.25) is 0 Å². The minimum atomic E-state index is -0.368. The highest BCUT2D eigenvalue weighted by Gasteiger charge is 2.33. The molecule has 2 N–H and O–H groups in total. The van der Waals surface area contributed by atoms with Crippen LogP contribution in [0.15, 0.2) is 0 Å². The third-order valence-electron chi connectivity index (χ3n) is 2.16. The zero-order chi connectivity index (χ0) is 8.55. The molecule has 0 spiro atoms. The summed E-state index contributed by atoms with van der Waals surface area (Å²) in [6.07, 6.45) is -0.368. The monoisotopic (exact) mass is 169 g/mol. The minimum Gasteiger partial charge on any atom is -0.391 e. The average Bonchev–Trinajstić information content (AvgIpc) is 2.58. The first-order valence-electron chi connectivity index (χ1n) is 3.87. The zero-order valence-corrected chi connectivity index (χ0v) is 6.80. The molecule has 0 aromatic carbocycles. The first kappa shape index (κ1) is 7.63. The second-order valence-corrected chi connectivity index (χ2v) is 3.17. The molecule has 2 unspecified atom stereocenters. The van der Waals surface area contributed by atoms with E-state index in [4.69, 9.17) is 0 Å². The quantitative estimate of drug-likeness (QED) is 0.540. The minimum absolute atomic E-state index is 0.00810. The van der Waals surface area contributed by atoms with Crippen LogP contribution in [-0.2, 0) is 0 Å². The van der Waals surface area contributed by atoms with Gasteiger partial charge in [0.05, 0.1) is 12.0 Å². The molecule has 12 heavy (non-hydrogen) atoms. The molecule has 2 rings (SSSR count). The standard InChI is InChI=1S/C6H11N5O/c1-11-2-4(5(12)3-11)6-7-9-10-8-6/h4-5,12H,2-3H2,1H3,(H,7,8,9,10). The number of aliphatic hydroxyl groups is 1. The maximum absolute atomic E-state index is 9.57. The van der Waals surface area contributed by atoms with Gasteiger partial charge in [0, 0.05) is 13.1 Å². The Hall–Kier alpha value is -1.01. The van der Waals surface area contributed by atoms with Crippen molar-refractivity contribution >= 4 is 0 Å². The number of tetrazole rings is 1. The molecule has 0 bridgehead atoms. The Kier molecular flexibility index (Phi) is 1.78. The lowest BCUT2D eigenvalue weighted by Crippen LogP contribution is -2.17. The van der Waals surface area contributed by atoms with Gasteiger partial charge in [-0.25, -0.2) is 0 Å². The Balaban J connectivity index is 2.15. The fourth-order valence-corrected chi connectivity index (χ4v) is 1.56. The molecule has 1 aliphatic heterocycles. The number of aliphatic hydroxyl groups excluding tert-OH is 1. The van der Waals surface area contributed by atoms with E-state index in [9.17, 15) is 5.11 Å². The summed E-state index contributed by atoms with van der Waals surface area (Å²) in [5, 5.41) is 23.1. The fourth-order valence-electron chi connectivity index (χ4n) is 1.56. The van der Waals surface area contributed by atoms with E-state index in [1.54, 1.807) is 0 Å². The van der Waals surface area contributed by atoms with Crippen LogP contribution >= 0.6 is 0 Å². The summed E-state index contributed by atoms with van der Waals surface area (Å²) in [4.78, 5) is 2.05. The lowest BCUT2D eigenvalue weighted by molar-refractivity contribution is 0.166. The van der Waals surface area contributed by atoms with Crippen molar-refractivity contribution in [2.75, 3.05) is 20.1 Å². The number of hydrogen-bond donors (Lipinski definition) is 2. The van der Waals surface area contributed by atoms with Crippen LogP contribution in [0.25, 0.3) is 0 Å². The van der Waals surface area contributed by atoms with Crippen molar-refractivity contribution in [1.82, 2.24) is 25.5 Å². The molecule has 1 fully saturated rings. The molecule has 6 heteroatoms. The number of H-pyrrole nitrogens is 1. The summed E-state index contributed by atoms with van der Waals surface area (Å²) >= 11 is 0. The highest BCUT2D eigenvalue weighted by atomic mass is 16.3. The summed E-state index contributed by atoms with van der Waals surface area (Å²) in [6.45, 7) is 1.47. The highest BCUT2D eigenvalue weighted by Crippen LogP contribution is 2.22. The van der Waals surface area contributed by atoms with Gasteiger partial charge in [-0.1, -0.05) is 5.21 Å². The van der Waals surface area contributed by atoms with Crippen molar-refractivity contribution in [2.24, 2.45) is 0 Å². The third kappa shape index (κ3) is 1.19.